The second kappa shape index (κ2) is 3.67. The molecular weight excluding hydrogens is 138 g/mol. The van der Waals surface area contributed by atoms with Crippen molar-refractivity contribution in [2.45, 2.75) is 13.3 Å². The summed E-state index contributed by atoms with van der Waals surface area (Å²) in [6, 6.07) is 2.10. The lowest BCUT2D eigenvalue weighted by Crippen LogP contribution is -2.19. The fourth-order valence-corrected chi connectivity index (χ4v) is 0.912. The van der Waals surface area contributed by atoms with Crippen LogP contribution < -0.4 is 5.32 Å². The van der Waals surface area contributed by atoms with Crippen LogP contribution in [-0.4, -0.2) is 11.4 Å². The van der Waals surface area contributed by atoms with E-state index in [1.165, 1.54) is 0 Å². The van der Waals surface area contributed by atoms with Crippen LogP contribution in [0.3, 0.4) is 0 Å². The summed E-state index contributed by atoms with van der Waals surface area (Å²) in [5.74, 6) is 0. The topological polar surface area (TPSA) is 39.1 Å². The van der Waals surface area contributed by atoms with Crippen molar-refractivity contribution in [1.29, 1.82) is 5.26 Å². The molecule has 1 aliphatic heterocycles. The van der Waals surface area contributed by atoms with Crippen LogP contribution in [0.2, 0.25) is 0 Å². The van der Waals surface area contributed by atoms with E-state index in [0.717, 1.165) is 12.2 Å². The van der Waals surface area contributed by atoms with E-state index in [-0.39, 0.29) is 0 Å². The Bertz CT molecular complexity index is 222. The van der Waals surface area contributed by atoms with Crippen LogP contribution in [0.15, 0.2) is 24.3 Å². The molecule has 0 aliphatic carbocycles. The maximum Gasteiger partial charge on any atom is 0.0640 e. The number of rotatable bonds is 2. The van der Waals surface area contributed by atoms with Gasteiger partial charge in [-0.25, -0.2) is 0 Å². The molecule has 0 aromatic rings. The Hall–Kier alpha value is -1.43. The van der Waals surface area contributed by atoms with Gasteiger partial charge in [0.05, 0.1) is 12.5 Å². The second-order valence-electron chi connectivity index (χ2n) is 2.42. The van der Waals surface area contributed by atoms with Crippen LogP contribution in [0.1, 0.15) is 13.3 Å². The largest absolute Gasteiger partial charge is 0.363 e. The summed E-state index contributed by atoms with van der Waals surface area (Å²) >= 11 is 0. The highest BCUT2D eigenvalue weighted by Crippen LogP contribution is 2.01. The van der Waals surface area contributed by atoms with Crippen molar-refractivity contribution in [3.05, 3.63) is 24.3 Å². The molecule has 0 unspecified atom stereocenters. The maximum atomic E-state index is 8.33. The molecule has 3 heteroatoms. The minimum atomic E-state index is 0.564. The van der Waals surface area contributed by atoms with E-state index in [4.69, 9.17) is 5.26 Å². The Morgan fingerprint density at radius 1 is 1.73 bits per heavy atom. The average molecular weight is 149 g/mol. The van der Waals surface area contributed by atoms with Crippen molar-refractivity contribution >= 4 is 0 Å². The molecule has 0 radical (unpaired) electrons. The number of hydrogen-bond acceptors (Lipinski definition) is 3. The number of nitrogens with one attached hydrogen (secondary N) is 1. The first kappa shape index (κ1) is 7.67. The van der Waals surface area contributed by atoms with Crippen molar-refractivity contribution in [1.82, 2.24) is 10.2 Å². The average Bonchev–Trinajstić information content (AvgIpc) is 2.01. The van der Waals surface area contributed by atoms with Gasteiger partial charge >= 0.3 is 0 Å². The summed E-state index contributed by atoms with van der Waals surface area (Å²) in [6.07, 6.45) is 6.34. The minimum absolute atomic E-state index is 0.564. The Kier molecular flexibility index (Phi) is 2.56. The molecule has 0 aromatic heterocycles. The van der Waals surface area contributed by atoms with Gasteiger partial charge in [0.2, 0.25) is 0 Å². The Balaban J connectivity index is 2.40. The van der Waals surface area contributed by atoms with Gasteiger partial charge < -0.3 is 10.2 Å². The molecule has 3 nitrogen and oxygen atoms in total. The molecule has 58 valence electrons. The maximum absolute atomic E-state index is 8.33. The van der Waals surface area contributed by atoms with Crippen LogP contribution >= 0.6 is 0 Å². The zero-order valence-corrected chi connectivity index (χ0v) is 6.54. The lowest BCUT2D eigenvalue weighted by molar-refractivity contribution is 0.497. The van der Waals surface area contributed by atoms with E-state index < -0.39 is 0 Å². The predicted molar refractivity (Wildman–Crippen MR) is 43.0 cm³/mol. The summed E-state index contributed by atoms with van der Waals surface area (Å²) in [4.78, 5) is 2.00. The standard InChI is InChI=1S/C8H11N3/c1-8-7-11(5-2-3-9)6-4-10-8/h4,6-7,10H,2,5H2,1H3. The van der Waals surface area contributed by atoms with E-state index in [9.17, 15) is 0 Å². The number of nitrogens with zero attached hydrogens (tertiary/aromatic N) is 2. The fraction of sp³-hybridized carbons (Fsp3) is 0.375. The Labute approximate surface area is 66.6 Å². The predicted octanol–water partition coefficient (Wildman–Crippen LogP) is 1.14. The summed E-state index contributed by atoms with van der Waals surface area (Å²) in [5.41, 5.74) is 1.10. The third-order valence-electron chi connectivity index (χ3n) is 1.42. The van der Waals surface area contributed by atoms with Crippen molar-refractivity contribution < 1.29 is 0 Å². The van der Waals surface area contributed by atoms with Gasteiger partial charge in [0.15, 0.2) is 0 Å². The summed E-state index contributed by atoms with van der Waals surface area (Å²) in [6.45, 7) is 2.76. The van der Waals surface area contributed by atoms with Crippen molar-refractivity contribution in [2.24, 2.45) is 0 Å². The molecule has 0 amide bonds. The van der Waals surface area contributed by atoms with Crippen LogP contribution in [0.25, 0.3) is 0 Å². The van der Waals surface area contributed by atoms with E-state index in [2.05, 4.69) is 11.4 Å². The molecule has 1 rings (SSSR count). The smallest absolute Gasteiger partial charge is 0.0640 e. The van der Waals surface area contributed by atoms with E-state index in [1.807, 2.05) is 30.4 Å². The molecule has 11 heavy (non-hydrogen) atoms. The third-order valence-corrected chi connectivity index (χ3v) is 1.42. The highest BCUT2D eigenvalue weighted by atomic mass is 15.1. The molecule has 0 saturated heterocycles. The number of allylic oxidation sites excluding steroid dienone is 1. The van der Waals surface area contributed by atoms with Gasteiger partial charge in [0, 0.05) is 30.8 Å². The van der Waals surface area contributed by atoms with E-state index in [0.29, 0.717) is 6.42 Å². The molecule has 0 fully saturated rings. The molecule has 0 bridgehead atoms. The molecule has 1 N–H and O–H groups in total. The zero-order chi connectivity index (χ0) is 8.10. The fourth-order valence-electron chi connectivity index (χ4n) is 0.912. The number of hydrogen-bond donors (Lipinski definition) is 1. The first-order valence-electron chi connectivity index (χ1n) is 3.57. The van der Waals surface area contributed by atoms with Crippen LogP contribution in [0.4, 0.5) is 0 Å². The molecule has 1 aliphatic rings. The van der Waals surface area contributed by atoms with E-state index >= 15 is 0 Å². The molecule has 0 saturated carbocycles. The van der Waals surface area contributed by atoms with Crippen molar-refractivity contribution in [2.75, 3.05) is 6.54 Å². The molecule has 0 atom stereocenters. The molecule has 1 heterocycles. The normalized spacial score (nSPS) is 15.3. The highest BCUT2D eigenvalue weighted by Gasteiger charge is 1.98. The Morgan fingerprint density at radius 2 is 2.55 bits per heavy atom. The first-order chi connectivity index (χ1) is 5.33. The van der Waals surface area contributed by atoms with Crippen LogP contribution in [0.5, 0.6) is 0 Å². The van der Waals surface area contributed by atoms with Gasteiger partial charge in [-0.3, -0.25) is 0 Å². The Morgan fingerprint density at radius 3 is 3.18 bits per heavy atom. The van der Waals surface area contributed by atoms with Crippen molar-refractivity contribution in [3.63, 3.8) is 0 Å². The monoisotopic (exact) mass is 149 g/mol. The number of nitriles is 1. The van der Waals surface area contributed by atoms with Crippen LogP contribution in [-0.2, 0) is 0 Å². The van der Waals surface area contributed by atoms with Gasteiger partial charge in [0.1, 0.15) is 0 Å². The zero-order valence-electron chi connectivity index (χ0n) is 6.54. The molecule has 0 aromatic carbocycles. The van der Waals surface area contributed by atoms with Gasteiger partial charge in [-0.1, -0.05) is 0 Å². The lowest BCUT2D eigenvalue weighted by atomic mass is 10.4. The lowest BCUT2D eigenvalue weighted by Gasteiger charge is -2.19. The van der Waals surface area contributed by atoms with Crippen molar-refractivity contribution in [3.8, 4) is 6.07 Å². The van der Waals surface area contributed by atoms with Gasteiger partial charge in [0.25, 0.3) is 0 Å². The quantitative estimate of drug-likeness (QED) is 0.639. The minimum Gasteiger partial charge on any atom is -0.363 e. The third kappa shape index (κ3) is 2.34. The van der Waals surface area contributed by atoms with Gasteiger partial charge in [-0.2, -0.15) is 5.26 Å². The summed E-state index contributed by atoms with van der Waals surface area (Å²) in [5, 5.41) is 11.4. The van der Waals surface area contributed by atoms with E-state index in [1.54, 1.807) is 0 Å². The first-order valence-corrected chi connectivity index (χ1v) is 3.57. The summed E-state index contributed by atoms with van der Waals surface area (Å²) < 4.78 is 0. The molecular formula is C8H11N3. The SMILES string of the molecule is CC1=CN(CCC#N)C=CN1. The van der Waals surface area contributed by atoms with Gasteiger partial charge in [-0.15, -0.1) is 0 Å². The highest BCUT2D eigenvalue weighted by molar-refractivity contribution is 5.07. The molecule has 0 spiro atoms. The van der Waals surface area contributed by atoms with Gasteiger partial charge in [-0.05, 0) is 6.92 Å². The van der Waals surface area contributed by atoms with Crippen LogP contribution in [0, 0.1) is 11.3 Å². The summed E-state index contributed by atoms with van der Waals surface area (Å²) in [7, 11) is 0. The second-order valence-corrected chi connectivity index (χ2v) is 2.42.